The Bertz CT molecular complexity index is 754. The lowest BCUT2D eigenvalue weighted by Crippen LogP contribution is -2.13. The van der Waals surface area contributed by atoms with E-state index in [0.717, 1.165) is 11.3 Å². The third-order valence-corrected chi connectivity index (χ3v) is 4.34. The van der Waals surface area contributed by atoms with Crippen molar-refractivity contribution in [3.8, 4) is 11.5 Å². The molecule has 2 rings (SSSR count). The second kappa shape index (κ2) is 6.93. The molecule has 1 atom stereocenters. The highest BCUT2D eigenvalue weighted by Crippen LogP contribution is 2.39. The van der Waals surface area contributed by atoms with Gasteiger partial charge in [0.1, 0.15) is 0 Å². The molecule has 0 saturated heterocycles. The van der Waals surface area contributed by atoms with E-state index in [-0.39, 0.29) is 35.0 Å². The quantitative estimate of drug-likeness (QED) is 0.593. The van der Waals surface area contributed by atoms with Crippen LogP contribution in [0.5, 0.6) is 11.5 Å². The van der Waals surface area contributed by atoms with Crippen molar-refractivity contribution in [3.05, 3.63) is 22.8 Å². The van der Waals surface area contributed by atoms with E-state index < -0.39 is 23.5 Å². The third kappa shape index (κ3) is 3.59. The topological polar surface area (TPSA) is 93.1 Å². The lowest BCUT2D eigenvalue weighted by atomic mass is 10.0. The number of carboxylic acids is 1. The van der Waals surface area contributed by atoms with Crippen LogP contribution in [-0.2, 0) is 9.53 Å². The minimum Gasteiger partial charge on any atom is -0.502 e. The van der Waals surface area contributed by atoms with Crippen molar-refractivity contribution in [1.29, 1.82) is 0 Å². The van der Waals surface area contributed by atoms with Crippen LogP contribution in [0.4, 0.5) is 4.39 Å². The van der Waals surface area contributed by atoms with Crippen LogP contribution >= 0.6 is 11.3 Å². The van der Waals surface area contributed by atoms with Crippen molar-refractivity contribution in [3.63, 3.8) is 0 Å². The fraction of sp³-hybridized carbons (Fsp3) is 0.333. The number of carbonyl (C=O) groups excluding carboxylic acids is 1. The second-order valence-corrected chi connectivity index (χ2v) is 6.06. The maximum atomic E-state index is 14.2. The number of benzene rings is 1. The van der Waals surface area contributed by atoms with Gasteiger partial charge in [-0.1, -0.05) is 6.92 Å². The Morgan fingerprint density at radius 3 is 2.70 bits per heavy atom. The van der Waals surface area contributed by atoms with E-state index in [1.54, 1.807) is 0 Å². The summed E-state index contributed by atoms with van der Waals surface area (Å²) in [5.41, 5.74) is 0. The van der Waals surface area contributed by atoms with Gasteiger partial charge in [0.2, 0.25) is 0 Å². The summed E-state index contributed by atoms with van der Waals surface area (Å²) in [5, 5.41) is 18.7. The number of fused-ring (bicyclic) bond motifs is 1. The molecule has 1 heterocycles. The molecule has 0 radical (unpaired) electrons. The molecule has 1 aromatic heterocycles. The molecule has 0 bridgehead atoms. The zero-order valence-corrected chi connectivity index (χ0v) is 13.3. The Labute approximate surface area is 135 Å². The first-order chi connectivity index (χ1) is 10.8. The number of methoxy groups -OCH3 is 1. The molecule has 8 heteroatoms. The normalized spacial score (nSPS) is 12.3. The SMILES string of the molecule is COCOc1cc2sc(C(=O)C[C@H](C)C(=O)O)cc2c(F)c1O. The number of ether oxygens (including phenoxy) is 2. The van der Waals surface area contributed by atoms with Crippen molar-refractivity contribution in [1.82, 2.24) is 0 Å². The van der Waals surface area contributed by atoms with Gasteiger partial charge >= 0.3 is 5.97 Å². The summed E-state index contributed by atoms with van der Waals surface area (Å²) in [6.07, 6.45) is -0.178. The molecule has 6 nitrogen and oxygen atoms in total. The van der Waals surface area contributed by atoms with Gasteiger partial charge in [-0.3, -0.25) is 9.59 Å². The van der Waals surface area contributed by atoms with Crippen LogP contribution in [0, 0.1) is 11.7 Å². The van der Waals surface area contributed by atoms with E-state index in [9.17, 15) is 19.1 Å². The summed E-state index contributed by atoms with van der Waals surface area (Å²) in [4.78, 5) is 23.1. The Morgan fingerprint density at radius 1 is 1.39 bits per heavy atom. The van der Waals surface area contributed by atoms with Gasteiger partial charge in [-0.05, 0) is 6.07 Å². The van der Waals surface area contributed by atoms with E-state index >= 15 is 0 Å². The highest BCUT2D eigenvalue weighted by molar-refractivity contribution is 7.20. The number of Topliss-reactive ketones (excluding diaryl/α,β-unsaturated/α-hetero) is 1. The van der Waals surface area contributed by atoms with Gasteiger partial charge in [0.25, 0.3) is 0 Å². The van der Waals surface area contributed by atoms with Gasteiger partial charge in [-0.2, -0.15) is 0 Å². The first-order valence-electron chi connectivity index (χ1n) is 6.67. The third-order valence-electron chi connectivity index (χ3n) is 3.22. The van der Waals surface area contributed by atoms with Crippen LogP contribution < -0.4 is 4.74 Å². The molecular weight excluding hydrogens is 327 g/mol. The van der Waals surface area contributed by atoms with Gasteiger partial charge in [0, 0.05) is 29.7 Å². The molecule has 2 aromatic rings. The fourth-order valence-electron chi connectivity index (χ4n) is 1.94. The summed E-state index contributed by atoms with van der Waals surface area (Å²) in [6.45, 7) is 1.27. The van der Waals surface area contributed by atoms with E-state index in [2.05, 4.69) is 0 Å². The number of hydrogen-bond acceptors (Lipinski definition) is 6. The fourth-order valence-corrected chi connectivity index (χ4v) is 2.98. The van der Waals surface area contributed by atoms with Gasteiger partial charge < -0.3 is 19.7 Å². The molecule has 0 aliphatic heterocycles. The Hall–Kier alpha value is -2.19. The van der Waals surface area contributed by atoms with E-state index in [4.69, 9.17) is 14.6 Å². The number of thiophene rings is 1. The number of aromatic hydroxyl groups is 1. The minimum atomic E-state index is -1.07. The largest absolute Gasteiger partial charge is 0.502 e. The maximum Gasteiger partial charge on any atom is 0.306 e. The Balaban J connectivity index is 2.36. The Kier molecular flexibility index (Phi) is 5.17. The summed E-state index contributed by atoms with van der Waals surface area (Å²) in [6, 6.07) is 2.72. The minimum absolute atomic E-state index is 0.0865. The van der Waals surface area contributed by atoms with E-state index in [0.29, 0.717) is 4.70 Å². The highest BCUT2D eigenvalue weighted by Gasteiger charge is 2.21. The number of halogens is 1. The van der Waals surface area contributed by atoms with Gasteiger partial charge in [0.05, 0.1) is 10.8 Å². The van der Waals surface area contributed by atoms with Crippen molar-refractivity contribution < 1.29 is 33.7 Å². The number of hydrogen-bond donors (Lipinski definition) is 2. The molecule has 0 amide bonds. The molecule has 0 aliphatic carbocycles. The average Bonchev–Trinajstić information content (AvgIpc) is 2.93. The van der Waals surface area contributed by atoms with Crippen LogP contribution in [-0.4, -0.2) is 35.9 Å². The molecule has 124 valence electrons. The standard InChI is InChI=1S/C15H15FO6S/c1-7(15(19)20)3-9(17)12-4-8-11(23-12)5-10(22-6-21-2)14(18)13(8)16/h4-5,7,18H,3,6H2,1-2H3,(H,19,20)/t7-/m0/s1. The molecule has 0 saturated carbocycles. The molecule has 0 unspecified atom stereocenters. The highest BCUT2D eigenvalue weighted by atomic mass is 32.1. The van der Waals surface area contributed by atoms with Crippen LogP contribution in [0.3, 0.4) is 0 Å². The maximum absolute atomic E-state index is 14.2. The summed E-state index contributed by atoms with van der Waals surface area (Å²) >= 11 is 1.02. The molecule has 23 heavy (non-hydrogen) atoms. The molecule has 0 spiro atoms. The number of carbonyl (C=O) groups is 2. The average molecular weight is 342 g/mol. The van der Waals surface area contributed by atoms with Crippen LogP contribution in [0.25, 0.3) is 10.1 Å². The predicted octanol–water partition coefficient (Wildman–Crippen LogP) is 3.02. The van der Waals surface area contributed by atoms with Gasteiger partial charge in [0.15, 0.2) is 29.9 Å². The number of ketones is 1. The summed E-state index contributed by atoms with van der Waals surface area (Å²) in [7, 11) is 1.39. The number of carboxylic acid groups (broad SMARTS) is 1. The molecule has 2 N–H and O–H groups in total. The monoisotopic (exact) mass is 342 g/mol. The van der Waals surface area contributed by atoms with Crippen LogP contribution in [0.15, 0.2) is 12.1 Å². The van der Waals surface area contributed by atoms with Crippen molar-refractivity contribution in [2.45, 2.75) is 13.3 Å². The van der Waals surface area contributed by atoms with Gasteiger partial charge in [-0.15, -0.1) is 11.3 Å². The lowest BCUT2D eigenvalue weighted by Gasteiger charge is -2.07. The molecular formula is C15H15FO6S. The van der Waals surface area contributed by atoms with E-state index in [1.165, 1.54) is 26.2 Å². The second-order valence-electron chi connectivity index (χ2n) is 4.98. The number of aliphatic carboxylic acids is 1. The predicted molar refractivity (Wildman–Crippen MR) is 81.7 cm³/mol. The summed E-state index contributed by atoms with van der Waals surface area (Å²) in [5.74, 6) is -3.93. The summed E-state index contributed by atoms with van der Waals surface area (Å²) < 4.78 is 24.4. The smallest absolute Gasteiger partial charge is 0.306 e. The molecule has 0 fully saturated rings. The number of phenolic OH excluding ortho intramolecular Hbond substituents is 1. The molecule has 0 aliphatic rings. The first kappa shape index (κ1) is 17.2. The molecule has 1 aromatic carbocycles. The zero-order chi connectivity index (χ0) is 17.1. The lowest BCUT2D eigenvalue weighted by molar-refractivity contribution is -0.141. The first-order valence-corrected chi connectivity index (χ1v) is 7.49. The van der Waals surface area contributed by atoms with Crippen molar-refractivity contribution in [2.24, 2.45) is 5.92 Å². The number of phenols is 1. The zero-order valence-electron chi connectivity index (χ0n) is 12.5. The number of rotatable bonds is 7. The van der Waals surface area contributed by atoms with Crippen molar-refractivity contribution >= 4 is 33.2 Å². The Morgan fingerprint density at radius 2 is 2.09 bits per heavy atom. The van der Waals surface area contributed by atoms with Crippen LogP contribution in [0.2, 0.25) is 0 Å². The van der Waals surface area contributed by atoms with Crippen molar-refractivity contribution in [2.75, 3.05) is 13.9 Å². The van der Waals surface area contributed by atoms with Crippen LogP contribution in [0.1, 0.15) is 23.0 Å². The van der Waals surface area contributed by atoms with Gasteiger partial charge in [-0.25, -0.2) is 4.39 Å². The van der Waals surface area contributed by atoms with E-state index in [1.807, 2.05) is 0 Å².